The van der Waals surface area contributed by atoms with Gasteiger partial charge in [-0.1, -0.05) is 24.3 Å². The van der Waals surface area contributed by atoms with Gasteiger partial charge in [-0.25, -0.2) is 0 Å². The van der Waals surface area contributed by atoms with E-state index in [1.165, 1.54) is 0 Å². The number of methoxy groups -OCH3 is 3. The van der Waals surface area contributed by atoms with E-state index < -0.39 is 0 Å². The molecule has 2 heterocycles. The molecule has 7 nitrogen and oxygen atoms in total. The SMILES string of the molecule is CCn1cc(C(=O)N2CCN(Cc3ccc(OC)c(OC)c3OC)CC2)c2ccccc21. The van der Waals surface area contributed by atoms with Gasteiger partial charge in [0.05, 0.1) is 26.9 Å². The molecule has 0 atom stereocenters. The zero-order valence-corrected chi connectivity index (χ0v) is 19.3. The predicted octanol–water partition coefficient (Wildman–Crippen LogP) is 3.65. The van der Waals surface area contributed by atoms with E-state index >= 15 is 0 Å². The molecule has 1 aromatic heterocycles. The zero-order chi connectivity index (χ0) is 22.7. The summed E-state index contributed by atoms with van der Waals surface area (Å²) in [6.07, 6.45) is 1.99. The van der Waals surface area contributed by atoms with Crippen molar-refractivity contribution in [2.75, 3.05) is 47.5 Å². The Balaban J connectivity index is 1.46. The number of fused-ring (bicyclic) bond motifs is 1. The van der Waals surface area contributed by atoms with Gasteiger partial charge in [0.15, 0.2) is 11.5 Å². The number of amides is 1. The second-order valence-electron chi connectivity index (χ2n) is 7.91. The van der Waals surface area contributed by atoms with Gasteiger partial charge in [-0.05, 0) is 19.1 Å². The molecular weight excluding hydrogens is 406 g/mol. The molecule has 1 aliphatic rings. The van der Waals surface area contributed by atoms with E-state index in [9.17, 15) is 4.79 Å². The van der Waals surface area contributed by atoms with Crippen LogP contribution in [-0.4, -0.2) is 67.8 Å². The molecule has 0 N–H and O–H groups in total. The summed E-state index contributed by atoms with van der Waals surface area (Å²) in [6, 6.07) is 12.0. The second-order valence-corrected chi connectivity index (χ2v) is 7.91. The Hall–Kier alpha value is -3.19. The monoisotopic (exact) mass is 437 g/mol. The average Bonchev–Trinajstić information content (AvgIpc) is 3.22. The molecule has 3 aromatic rings. The van der Waals surface area contributed by atoms with Gasteiger partial charge in [-0.2, -0.15) is 0 Å². The third kappa shape index (κ3) is 4.00. The predicted molar refractivity (Wildman–Crippen MR) is 125 cm³/mol. The Bertz CT molecular complexity index is 1100. The fraction of sp³-hybridized carbons (Fsp3) is 0.400. The van der Waals surface area contributed by atoms with Crippen LogP contribution in [0.25, 0.3) is 10.9 Å². The van der Waals surface area contributed by atoms with Crippen molar-refractivity contribution in [3.8, 4) is 17.2 Å². The third-order valence-corrected chi connectivity index (χ3v) is 6.20. The number of aryl methyl sites for hydroxylation is 1. The van der Waals surface area contributed by atoms with Crippen LogP contribution in [0.2, 0.25) is 0 Å². The average molecular weight is 438 g/mol. The van der Waals surface area contributed by atoms with Crippen LogP contribution in [0.15, 0.2) is 42.6 Å². The Morgan fingerprint density at radius 2 is 1.62 bits per heavy atom. The summed E-state index contributed by atoms with van der Waals surface area (Å²) in [7, 11) is 4.87. The lowest BCUT2D eigenvalue weighted by Gasteiger charge is -2.35. The number of ether oxygens (including phenoxy) is 3. The Labute approximate surface area is 189 Å². The Morgan fingerprint density at radius 3 is 2.28 bits per heavy atom. The summed E-state index contributed by atoms with van der Waals surface area (Å²) in [4.78, 5) is 17.6. The lowest BCUT2D eigenvalue weighted by atomic mass is 10.1. The first-order valence-corrected chi connectivity index (χ1v) is 11.0. The molecule has 4 rings (SSSR count). The molecular formula is C25H31N3O4. The van der Waals surface area contributed by atoms with Crippen molar-refractivity contribution in [2.24, 2.45) is 0 Å². The molecule has 0 aliphatic carbocycles. The molecule has 0 radical (unpaired) electrons. The number of aromatic nitrogens is 1. The van der Waals surface area contributed by atoms with Crippen LogP contribution in [0, 0.1) is 0 Å². The van der Waals surface area contributed by atoms with Crippen LogP contribution in [-0.2, 0) is 13.1 Å². The van der Waals surface area contributed by atoms with Crippen LogP contribution < -0.4 is 14.2 Å². The fourth-order valence-electron chi connectivity index (χ4n) is 4.49. The van der Waals surface area contributed by atoms with E-state index in [4.69, 9.17) is 14.2 Å². The lowest BCUT2D eigenvalue weighted by molar-refractivity contribution is 0.0629. The van der Waals surface area contributed by atoms with Gasteiger partial charge in [0.1, 0.15) is 0 Å². The molecule has 0 saturated carbocycles. The number of piperazine rings is 1. The highest BCUT2D eigenvalue weighted by molar-refractivity contribution is 6.07. The topological polar surface area (TPSA) is 56.2 Å². The van der Waals surface area contributed by atoms with Gasteiger partial charge in [-0.3, -0.25) is 9.69 Å². The van der Waals surface area contributed by atoms with Crippen LogP contribution in [0.4, 0.5) is 0 Å². The maximum absolute atomic E-state index is 13.3. The third-order valence-electron chi connectivity index (χ3n) is 6.20. The molecule has 1 aliphatic heterocycles. The van der Waals surface area contributed by atoms with Gasteiger partial charge in [0, 0.05) is 61.9 Å². The first-order chi connectivity index (χ1) is 15.6. The number of hydrogen-bond donors (Lipinski definition) is 0. The summed E-state index contributed by atoms with van der Waals surface area (Å²) in [6.45, 7) is 6.66. The molecule has 1 saturated heterocycles. The quantitative estimate of drug-likeness (QED) is 0.565. The molecule has 32 heavy (non-hydrogen) atoms. The minimum Gasteiger partial charge on any atom is -0.493 e. The van der Waals surface area contributed by atoms with E-state index in [1.807, 2.05) is 41.4 Å². The van der Waals surface area contributed by atoms with Crippen molar-refractivity contribution in [3.05, 3.63) is 53.7 Å². The molecule has 2 aromatic carbocycles. The molecule has 1 fully saturated rings. The second kappa shape index (κ2) is 9.53. The maximum atomic E-state index is 13.3. The van der Waals surface area contributed by atoms with Crippen molar-refractivity contribution < 1.29 is 19.0 Å². The summed E-state index contributed by atoms with van der Waals surface area (Å²) in [5, 5.41) is 1.02. The van der Waals surface area contributed by atoms with Crippen molar-refractivity contribution in [2.45, 2.75) is 20.0 Å². The molecule has 0 bridgehead atoms. The number of carbonyl (C=O) groups excluding carboxylic acids is 1. The maximum Gasteiger partial charge on any atom is 0.256 e. The van der Waals surface area contributed by atoms with Gasteiger partial charge in [0.2, 0.25) is 5.75 Å². The van der Waals surface area contributed by atoms with E-state index in [1.54, 1.807) is 21.3 Å². The van der Waals surface area contributed by atoms with Gasteiger partial charge in [0.25, 0.3) is 5.91 Å². The molecule has 7 heteroatoms. The van der Waals surface area contributed by atoms with E-state index in [0.717, 1.165) is 48.2 Å². The molecule has 0 unspecified atom stereocenters. The normalized spacial score (nSPS) is 14.6. The summed E-state index contributed by atoms with van der Waals surface area (Å²) in [5.74, 6) is 2.05. The summed E-state index contributed by atoms with van der Waals surface area (Å²) in [5.41, 5.74) is 2.94. The summed E-state index contributed by atoms with van der Waals surface area (Å²) < 4.78 is 18.7. The fourth-order valence-corrected chi connectivity index (χ4v) is 4.49. The van der Waals surface area contributed by atoms with E-state index in [0.29, 0.717) is 30.3 Å². The van der Waals surface area contributed by atoms with Crippen LogP contribution in [0.5, 0.6) is 17.2 Å². The lowest BCUT2D eigenvalue weighted by Crippen LogP contribution is -2.48. The number of carbonyl (C=O) groups is 1. The largest absolute Gasteiger partial charge is 0.493 e. The van der Waals surface area contributed by atoms with Crippen molar-refractivity contribution >= 4 is 16.8 Å². The smallest absolute Gasteiger partial charge is 0.256 e. The zero-order valence-electron chi connectivity index (χ0n) is 19.3. The minimum absolute atomic E-state index is 0.108. The Kier molecular flexibility index (Phi) is 6.55. The molecule has 0 spiro atoms. The van der Waals surface area contributed by atoms with Crippen LogP contribution in [0.1, 0.15) is 22.8 Å². The molecule has 1 amide bonds. The van der Waals surface area contributed by atoms with Crippen molar-refractivity contribution in [3.63, 3.8) is 0 Å². The highest BCUT2D eigenvalue weighted by Crippen LogP contribution is 2.40. The van der Waals surface area contributed by atoms with Crippen LogP contribution >= 0.6 is 0 Å². The Morgan fingerprint density at radius 1 is 0.906 bits per heavy atom. The number of hydrogen-bond acceptors (Lipinski definition) is 5. The minimum atomic E-state index is 0.108. The van der Waals surface area contributed by atoms with Gasteiger partial charge < -0.3 is 23.7 Å². The molecule has 170 valence electrons. The van der Waals surface area contributed by atoms with E-state index in [2.05, 4.69) is 22.5 Å². The number of para-hydroxylation sites is 1. The van der Waals surface area contributed by atoms with Crippen LogP contribution in [0.3, 0.4) is 0 Å². The number of nitrogens with zero attached hydrogens (tertiary/aromatic N) is 3. The standard InChI is InChI=1S/C25H31N3O4/c1-5-27-17-20(19-8-6-7-9-21(19)27)25(29)28-14-12-26(13-15-28)16-18-10-11-22(30-2)24(32-4)23(18)31-3/h6-11,17H,5,12-16H2,1-4H3. The number of rotatable bonds is 7. The highest BCUT2D eigenvalue weighted by Gasteiger charge is 2.26. The highest BCUT2D eigenvalue weighted by atomic mass is 16.5. The van der Waals surface area contributed by atoms with Gasteiger partial charge >= 0.3 is 0 Å². The first kappa shape index (κ1) is 22.0. The first-order valence-electron chi connectivity index (χ1n) is 11.0. The number of benzene rings is 2. The summed E-state index contributed by atoms with van der Waals surface area (Å²) >= 11 is 0. The van der Waals surface area contributed by atoms with Crippen molar-refractivity contribution in [1.29, 1.82) is 0 Å². The van der Waals surface area contributed by atoms with E-state index in [-0.39, 0.29) is 5.91 Å². The van der Waals surface area contributed by atoms with Gasteiger partial charge in [-0.15, -0.1) is 0 Å². The van der Waals surface area contributed by atoms with Crippen molar-refractivity contribution in [1.82, 2.24) is 14.4 Å².